The average molecular weight is 465 g/mol. The van der Waals surface area contributed by atoms with Crippen LogP contribution in [0, 0.1) is 5.92 Å². The Kier molecular flexibility index (Phi) is 11.1. The molecule has 184 valence electrons. The minimum atomic E-state index is -1.07. The van der Waals surface area contributed by atoms with Gasteiger partial charge in [-0.3, -0.25) is 4.79 Å². The fraction of sp³-hybridized carbons (Fsp3) is 0.609. The van der Waals surface area contributed by atoms with Gasteiger partial charge in [0.1, 0.15) is 6.61 Å². The maximum atomic E-state index is 12.5. The molecule has 2 atom stereocenters. The molecule has 1 aliphatic heterocycles. The number of carbonyl (C=O) groups excluding carboxylic acids is 2. The summed E-state index contributed by atoms with van der Waals surface area (Å²) in [5, 5.41) is 18.5. The van der Waals surface area contributed by atoms with Crippen LogP contribution in [0.1, 0.15) is 38.7 Å². The molecule has 0 bridgehead atoms. The van der Waals surface area contributed by atoms with Gasteiger partial charge in [0.05, 0.1) is 37.1 Å². The first-order chi connectivity index (χ1) is 15.8. The summed E-state index contributed by atoms with van der Waals surface area (Å²) in [5.41, 5.74) is 6.53. The van der Waals surface area contributed by atoms with Gasteiger partial charge in [-0.25, -0.2) is 4.79 Å². The zero-order chi connectivity index (χ0) is 24.1. The third-order valence-electron chi connectivity index (χ3n) is 5.06. The SMILES string of the molecule is CC(C)(N)C(=O)N[C@H](COCc1ccccc1)C1=NOCC1CCOC(=O)NCCCCO. The van der Waals surface area contributed by atoms with E-state index in [0.29, 0.717) is 44.7 Å². The molecule has 10 nitrogen and oxygen atoms in total. The molecule has 33 heavy (non-hydrogen) atoms. The Morgan fingerprint density at radius 3 is 2.76 bits per heavy atom. The first-order valence-electron chi connectivity index (χ1n) is 11.2. The molecule has 0 aromatic heterocycles. The molecule has 1 unspecified atom stereocenters. The van der Waals surface area contributed by atoms with Crippen molar-refractivity contribution < 1.29 is 29.0 Å². The lowest BCUT2D eigenvalue weighted by molar-refractivity contribution is -0.125. The molecule has 1 aliphatic rings. The minimum absolute atomic E-state index is 0.0919. The molecule has 2 rings (SSSR count). The number of carbonyl (C=O) groups is 2. The molecule has 0 aliphatic carbocycles. The van der Waals surface area contributed by atoms with E-state index in [1.54, 1.807) is 13.8 Å². The Morgan fingerprint density at radius 2 is 2.06 bits per heavy atom. The number of nitrogens with two attached hydrogens (primary N) is 1. The number of alkyl carbamates (subject to hydrolysis) is 1. The van der Waals surface area contributed by atoms with Crippen molar-refractivity contribution in [2.45, 2.75) is 51.3 Å². The van der Waals surface area contributed by atoms with Crippen LogP contribution in [0.25, 0.3) is 0 Å². The van der Waals surface area contributed by atoms with Gasteiger partial charge in [-0.05, 0) is 38.7 Å². The van der Waals surface area contributed by atoms with E-state index in [4.69, 9.17) is 25.2 Å². The molecule has 1 aromatic carbocycles. The third-order valence-corrected chi connectivity index (χ3v) is 5.06. The number of nitrogens with zero attached hydrogens (tertiary/aromatic N) is 1. The second kappa shape index (κ2) is 13.8. The lowest BCUT2D eigenvalue weighted by Gasteiger charge is -2.26. The molecular formula is C23H36N4O6. The van der Waals surface area contributed by atoms with Crippen LogP contribution in [0.2, 0.25) is 0 Å². The number of amides is 2. The Bertz CT molecular complexity index is 766. The average Bonchev–Trinajstić information content (AvgIpc) is 3.24. The second-order valence-corrected chi connectivity index (χ2v) is 8.54. The van der Waals surface area contributed by atoms with E-state index in [9.17, 15) is 9.59 Å². The third kappa shape index (κ3) is 9.77. The van der Waals surface area contributed by atoms with E-state index in [-0.39, 0.29) is 31.6 Å². The van der Waals surface area contributed by atoms with E-state index in [0.717, 1.165) is 5.56 Å². The summed E-state index contributed by atoms with van der Waals surface area (Å²) in [7, 11) is 0. The maximum absolute atomic E-state index is 12.5. The van der Waals surface area contributed by atoms with Gasteiger partial charge in [-0.2, -0.15) is 0 Å². The Labute approximate surface area is 194 Å². The molecule has 1 aromatic rings. The van der Waals surface area contributed by atoms with Crippen molar-refractivity contribution in [2.75, 3.05) is 33.0 Å². The number of nitrogens with one attached hydrogen (secondary N) is 2. The van der Waals surface area contributed by atoms with Gasteiger partial charge < -0.3 is 35.8 Å². The predicted molar refractivity (Wildman–Crippen MR) is 123 cm³/mol. The van der Waals surface area contributed by atoms with Crippen molar-refractivity contribution in [2.24, 2.45) is 16.8 Å². The van der Waals surface area contributed by atoms with Crippen molar-refractivity contribution in [3.05, 3.63) is 35.9 Å². The van der Waals surface area contributed by atoms with E-state index in [2.05, 4.69) is 15.8 Å². The van der Waals surface area contributed by atoms with Crippen LogP contribution in [0.3, 0.4) is 0 Å². The van der Waals surface area contributed by atoms with Crippen LogP contribution >= 0.6 is 0 Å². The van der Waals surface area contributed by atoms with Crippen molar-refractivity contribution in [3.8, 4) is 0 Å². The van der Waals surface area contributed by atoms with Crippen molar-refractivity contribution in [3.63, 3.8) is 0 Å². The molecule has 0 saturated heterocycles. The number of hydrogen-bond donors (Lipinski definition) is 4. The van der Waals surface area contributed by atoms with E-state index in [1.807, 2.05) is 30.3 Å². The summed E-state index contributed by atoms with van der Waals surface area (Å²) in [6.07, 6.45) is 1.28. The van der Waals surface area contributed by atoms with Crippen LogP contribution < -0.4 is 16.4 Å². The molecule has 0 fully saturated rings. The monoisotopic (exact) mass is 464 g/mol. The molecule has 2 amide bonds. The molecule has 5 N–H and O–H groups in total. The molecular weight excluding hydrogens is 428 g/mol. The number of ether oxygens (including phenoxy) is 2. The maximum Gasteiger partial charge on any atom is 0.407 e. The molecule has 0 saturated carbocycles. The first-order valence-corrected chi connectivity index (χ1v) is 11.2. The predicted octanol–water partition coefficient (Wildman–Crippen LogP) is 1.32. The number of aliphatic hydroxyl groups excluding tert-OH is 1. The Morgan fingerprint density at radius 1 is 1.30 bits per heavy atom. The lowest BCUT2D eigenvalue weighted by Crippen LogP contribution is -2.56. The number of hydrogen-bond acceptors (Lipinski definition) is 8. The van der Waals surface area contributed by atoms with Crippen LogP contribution in [-0.4, -0.2) is 67.4 Å². The normalized spacial score (nSPS) is 16.5. The number of aliphatic hydroxyl groups is 1. The Balaban J connectivity index is 1.90. The van der Waals surface area contributed by atoms with Crippen LogP contribution in [0.4, 0.5) is 4.79 Å². The van der Waals surface area contributed by atoms with Crippen LogP contribution in [0.15, 0.2) is 35.5 Å². The zero-order valence-electron chi connectivity index (χ0n) is 19.4. The van der Waals surface area contributed by atoms with Gasteiger partial charge in [0, 0.05) is 19.1 Å². The van der Waals surface area contributed by atoms with Gasteiger partial charge in [0.15, 0.2) is 0 Å². The highest BCUT2D eigenvalue weighted by atomic mass is 16.6. The van der Waals surface area contributed by atoms with Crippen molar-refractivity contribution >= 4 is 17.7 Å². The molecule has 10 heteroatoms. The van der Waals surface area contributed by atoms with Crippen LogP contribution in [0.5, 0.6) is 0 Å². The van der Waals surface area contributed by atoms with Crippen LogP contribution in [-0.2, 0) is 25.7 Å². The summed E-state index contributed by atoms with van der Waals surface area (Å²) < 4.78 is 11.1. The highest BCUT2D eigenvalue weighted by Gasteiger charge is 2.34. The second-order valence-electron chi connectivity index (χ2n) is 8.54. The van der Waals surface area contributed by atoms with Gasteiger partial charge >= 0.3 is 6.09 Å². The Hall–Kier alpha value is -2.69. The smallest absolute Gasteiger partial charge is 0.407 e. The van der Waals surface area contributed by atoms with E-state index >= 15 is 0 Å². The zero-order valence-corrected chi connectivity index (χ0v) is 19.4. The number of rotatable bonds is 14. The van der Waals surface area contributed by atoms with E-state index < -0.39 is 17.7 Å². The molecule has 0 radical (unpaired) electrons. The highest BCUT2D eigenvalue weighted by molar-refractivity contribution is 5.97. The van der Waals surface area contributed by atoms with Gasteiger partial charge in [0.2, 0.25) is 5.91 Å². The largest absolute Gasteiger partial charge is 0.450 e. The van der Waals surface area contributed by atoms with E-state index in [1.165, 1.54) is 0 Å². The summed E-state index contributed by atoms with van der Waals surface area (Å²) in [5.74, 6) is -0.471. The van der Waals surface area contributed by atoms with Crippen molar-refractivity contribution in [1.29, 1.82) is 0 Å². The standard InChI is InChI=1S/C23H36N4O6/c1-23(2,24)21(29)26-19(16-31-14-17-8-4-3-5-9-17)20-18(15-33-27-20)10-13-32-22(30)25-11-6-7-12-28/h3-5,8-9,18-19,28H,6-7,10-16,24H2,1-2H3,(H,25,30)(H,26,29)/t18?,19-/m1/s1. The minimum Gasteiger partial charge on any atom is -0.450 e. The lowest BCUT2D eigenvalue weighted by atomic mass is 9.95. The number of unbranched alkanes of at least 4 members (excludes halogenated alkanes) is 1. The quantitative estimate of drug-likeness (QED) is 0.304. The number of benzene rings is 1. The summed E-state index contributed by atoms with van der Waals surface area (Å²) in [6, 6.07) is 9.20. The van der Waals surface area contributed by atoms with Gasteiger partial charge in [-0.15, -0.1) is 0 Å². The summed E-state index contributed by atoms with van der Waals surface area (Å²) >= 11 is 0. The molecule has 1 heterocycles. The highest BCUT2D eigenvalue weighted by Crippen LogP contribution is 2.18. The number of oxime groups is 1. The summed E-state index contributed by atoms with van der Waals surface area (Å²) in [6.45, 7) is 4.87. The van der Waals surface area contributed by atoms with Gasteiger partial charge in [-0.1, -0.05) is 35.5 Å². The topological polar surface area (TPSA) is 144 Å². The fourth-order valence-corrected chi connectivity index (χ4v) is 3.13. The van der Waals surface area contributed by atoms with Gasteiger partial charge in [0.25, 0.3) is 0 Å². The first kappa shape index (κ1) is 26.6. The molecule has 0 spiro atoms. The fourth-order valence-electron chi connectivity index (χ4n) is 3.13. The summed E-state index contributed by atoms with van der Waals surface area (Å²) in [4.78, 5) is 29.6. The van der Waals surface area contributed by atoms with Crippen molar-refractivity contribution in [1.82, 2.24) is 10.6 Å².